The van der Waals surface area contributed by atoms with E-state index in [9.17, 15) is 0 Å². The van der Waals surface area contributed by atoms with Gasteiger partial charge >= 0.3 is 0 Å². The second-order valence-electron chi connectivity index (χ2n) is 24.6. The quantitative estimate of drug-likeness (QED) is 0.126. The van der Waals surface area contributed by atoms with E-state index in [1.165, 1.54) is 128 Å². The third-order valence-corrected chi connectivity index (χ3v) is 18.6. The average molecular weight is 1070 g/mol. The first-order valence-corrected chi connectivity index (χ1v) is 29.3. The van der Waals surface area contributed by atoms with Crippen molar-refractivity contribution in [2.24, 2.45) is 0 Å². The molecule has 0 spiro atoms. The fraction of sp³-hybridized carbons (Fsp3) is 0.111. The van der Waals surface area contributed by atoms with Crippen LogP contribution in [0.5, 0.6) is 0 Å². The van der Waals surface area contributed by atoms with Crippen LogP contribution in [0.1, 0.15) is 97.2 Å². The predicted molar refractivity (Wildman–Crippen MR) is 354 cm³/mol. The number of rotatable bonds is 10. The van der Waals surface area contributed by atoms with Crippen LogP contribution in [0.25, 0.3) is 79.2 Å². The number of nitrogens with zero attached hydrogens (tertiary/aromatic N) is 2. The highest BCUT2D eigenvalue weighted by molar-refractivity contribution is 6.01. The Balaban J connectivity index is 0.674. The highest BCUT2D eigenvalue weighted by Gasteiger charge is 2.39. The van der Waals surface area contributed by atoms with Gasteiger partial charge in [-0.1, -0.05) is 260 Å². The molecule has 0 aliphatic heterocycles. The zero-order chi connectivity index (χ0) is 56.2. The van der Waals surface area contributed by atoms with E-state index in [2.05, 4.69) is 330 Å². The molecule has 398 valence electrons. The molecule has 0 saturated carbocycles. The van der Waals surface area contributed by atoms with Gasteiger partial charge in [0.2, 0.25) is 0 Å². The second kappa shape index (κ2) is 19.2. The molecule has 0 fully saturated rings. The Kier molecular flexibility index (Phi) is 11.6. The Morgan fingerprint density at radius 1 is 0.241 bits per heavy atom. The maximum Gasteiger partial charge on any atom is 0.0540 e. The molecule has 12 aromatic carbocycles. The molecule has 0 unspecified atom stereocenters. The topological polar surface area (TPSA) is 6.48 Å². The summed E-state index contributed by atoms with van der Waals surface area (Å²) in [4.78, 5) is 4.90. The first-order valence-electron chi connectivity index (χ1n) is 29.3. The third kappa shape index (κ3) is 8.22. The zero-order valence-corrected chi connectivity index (χ0v) is 48.0. The molecule has 3 aliphatic carbocycles. The van der Waals surface area contributed by atoms with Gasteiger partial charge in [0.05, 0.1) is 11.4 Å². The summed E-state index contributed by atoms with van der Waals surface area (Å²) in [7, 11) is 0. The van der Waals surface area contributed by atoms with Crippen LogP contribution in [0, 0.1) is 0 Å². The van der Waals surface area contributed by atoms with E-state index in [4.69, 9.17) is 0 Å². The molecule has 0 heterocycles. The SMILES string of the molecule is CC1(C)c2ccccc2-c2ccc(N(c3ccc4c(c3)C(C)(C)c3cc(C=Cc5ccc(C=Cc6ccc7c(c6)C(C)(C)c6cc(N(c8ccccc8)c8cccc9ccccc89)ccc6-7)cc5)ccc3-4)c3cccc4ccccc34)cc21. The van der Waals surface area contributed by atoms with Crippen molar-refractivity contribution in [1.82, 2.24) is 0 Å². The molecular formula is C81H64N2. The standard InChI is InChI=1S/C81H64N2/c1-79(2)71-27-15-14-26-65(71)68-45-41-61(51-74(68)79)83(78-29-17-21-58-19-11-13-25-64(58)78)62-42-47-70-67-44-39-56(49-73(67)81(5,6)76(70)52-62)37-35-54-32-30-53(31-33-54)34-36-55-38-43-66-69-46-40-60(50-75(69)80(3,4)72(66)48-55)82(59-22-8-7-9-23-59)77-28-16-20-57-18-10-12-24-63(57)77/h7-52H,1-6H3. The molecule has 0 bridgehead atoms. The molecule has 3 aliphatic rings. The molecule has 2 heteroatoms. The van der Waals surface area contributed by atoms with Crippen LogP contribution < -0.4 is 9.80 Å². The molecule has 2 nitrogen and oxygen atoms in total. The summed E-state index contributed by atoms with van der Waals surface area (Å²) >= 11 is 0. The lowest BCUT2D eigenvalue weighted by Crippen LogP contribution is -2.18. The van der Waals surface area contributed by atoms with Gasteiger partial charge in [-0.2, -0.15) is 0 Å². The van der Waals surface area contributed by atoms with Gasteiger partial charge in [-0.25, -0.2) is 0 Å². The molecule has 0 saturated heterocycles. The summed E-state index contributed by atoms with van der Waals surface area (Å²) in [5.41, 5.74) is 27.3. The molecule has 0 N–H and O–H groups in total. The zero-order valence-electron chi connectivity index (χ0n) is 48.0. The van der Waals surface area contributed by atoms with Crippen LogP contribution in [0.15, 0.2) is 255 Å². The van der Waals surface area contributed by atoms with E-state index >= 15 is 0 Å². The van der Waals surface area contributed by atoms with Crippen LogP contribution in [-0.2, 0) is 16.2 Å². The smallest absolute Gasteiger partial charge is 0.0540 e. The van der Waals surface area contributed by atoms with Crippen LogP contribution >= 0.6 is 0 Å². The Morgan fingerprint density at radius 3 is 1.04 bits per heavy atom. The summed E-state index contributed by atoms with van der Waals surface area (Å²) in [6, 6.07) is 94.7. The van der Waals surface area contributed by atoms with Gasteiger partial charge in [0.1, 0.15) is 0 Å². The second-order valence-corrected chi connectivity index (χ2v) is 24.6. The van der Waals surface area contributed by atoms with Crippen molar-refractivity contribution >= 4 is 80.0 Å². The molecule has 0 amide bonds. The van der Waals surface area contributed by atoms with E-state index in [0.29, 0.717) is 0 Å². The van der Waals surface area contributed by atoms with Gasteiger partial charge in [0.15, 0.2) is 0 Å². The van der Waals surface area contributed by atoms with Crippen molar-refractivity contribution in [3.63, 3.8) is 0 Å². The van der Waals surface area contributed by atoms with Gasteiger partial charge in [0, 0.05) is 49.8 Å². The Morgan fingerprint density at radius 2 is 0.566 bits per heavy atom. The van der Waals surface area contributed by atoms with Crippen LogP contribution in [0.4, 0.5) is 34.1 Å². The highest BCUT2D eigenvalue weighted by Crippen LogP contribution is 2.55. The van der Waals surface area contributed by atoms with Gasteiger partial charge in [-0.3, -0.25) is 0 Å². The van der Waals surface area contributed by atoms with Crippen molar-refractivity contribution in [2.45, 2.75) is 57.8 Å². The number of fused-ring (bicyclic) bond motifs is 11. The van der Waals surface area contributed by atoms with Crippen molar-refractivity contribution in [3.8, 4) is 33.4 Å². The minimum absolute atomic E-state index is 0.112. The maximum absolute atomic E-state index is 2.49. The molecule has 0 atom stereocenters. The molecular weight excluding hydrogens is 1000 g/mol. The van der Waals surface area contributed by atoms with Gasteiger partial charge in [-0.05, 0) is 160 Å². The molecule has 83 heavy (non-hydrogen) atoms. The minimum atomic E-state index is -0.213. The normalized spacial score (nSPS) is 14.6. The average Bonchev–Trinajstić information content (AvgIpc) is 2.90. The number of benzene rings is 12. The fourth-order valence-corrected chi connectivity index (χ4v) is 14.1. The Hall–Kier alpha value is -9.76. The van der Waals surface area contributed by atoms with Crippen molar-refractivity contribution < 1.29 is 0 Å². The van der Waals surface area contributed by atoms with E-state index in [1.54, 1.807) is 0 Å². The van der Waals surface area contributed by atoms with Crippen molar-refractivity contribution in [1.29, 1.82) is 0 Å². The van der Waals surface area contributed by atoms with Gasteiger partial charge in [-0.15, -0.1) is 0 Å². The number of hydrogen-bond donors (Lipinski definition) is 0. The summed E-state index contributed by atoms with van der Waals surface area (Å²) in [5.74, 6) is 0. The third-order valence-electron chi connectivity index (χ3n) is 18.6. The predicted octanol–water partition coefficient (Wildman–Crippen LogP) is 22.2. The minimum Gasteiger partial charge on any atom is -0.310 e. The Bertz CT molecular complexity index is 4630. The van der Waals surface area contributed by atoms with Gasteiger partial charge in [0.25, 0.3) is 0 Å². The highest BCUT2D eigenvalue weighted by atomic mass is 15.1. The summed E-state index contributed by atoms with van der Waals surface area (Å²) in [6.45, 7) is 14.3. The van der Waals surface area contributed by atoms with E-state index in [1.807, 2.05) is 0 Å². The molecule has 12 aromatic rings. The van der Waals surface area contributed by atoms with Crippen LogP contribution in [-0.4, -0.2) is 0 Å². The number of anilines is 6. The summed E-state index contributed by atoms with van der Waals surface area (Å²) in [5, 5.41) is 4.92. The van der Waals surface area contributed by atoms with E-state index < -0.39 is 0 Å². The van der Waals surface area contributed by atoms with Crippen molar-refractivity contribution in [3.05, 3.63) is 310 Å². The van der Waals surface area contributed by atoms with Gasteiger partial charge < -0.3 is 9.80 Å². The first-order chi connectivity index (χ1) is 40.4. The maximum atomic E-state index is 2.49. The largest absolute Gasteiger partial charge is 0.310 e. The van der Waals surface area contributed by atoms with Crippen LogP contribution in [0.3, 0.4) is 0 Å². The van der Waals surface area contributed by atoms with Crippen LogP contribution in [0.2, 0.25) is 0 Å². The van der Waals surface area contributed by atoms with Crippen molar-refractivity contribution in [2.75, 3.05) is 9.80 Å². The summed E-state index contributed by atoms with van der Waals surface area (Å²) in [6.07, 6.45) is 9.01. The monoisotopic (exact) mass is 1060 g/mol. The molecule has 0 aromatic heterocycles. The number of para-hydroxylation sites is 1. The summed E-state index contributed by atoms with van der Waals surface area (Å²) < 4.78 is 0. The lowest BCUT2D eigenvalue weighted by atomic mass is 9.81. The molecule has 0 radical (unpaired) electrons. The van der Waals surface area contributed by atoms with E-state index in [-0.39, 0.29) is 16.2 Å². The number of hydrogen-bond acceptors (Lipinski definition) is 2. The Labute approximate surface area is 488 Å². The van der Waals surface area contributed by atoms with E-state index in [0.717, 1.165) is 17.1 Å². The lowest BCUT2D eigenvalue weighted by Gasteiger charge is -2.30. The fourth-order valence-electron chi connectivity index (χ4n) is 14.1. The first kappa shape index (κ1) is 50.2. The molecule has 15 rings (SSSR count). The lowest BCUT2D eigenvalue weighted by molar-refractivity contribution is 0.660.